The van der Waals surface area contributed by atoms with E-state index in [4.69, 9.17) is 0 Å². The first kappa shape index (κ1) is 15.6. The predicted octanol–water partition coefficient (Wildman–Crippen LogP) is 2.67. The minimum absolute atomic E-state index is 0.00765. The summed E-state index contributed by atoms with van der Waals surface area (Å²) in [6.07, 6.45) is 0.281. The van der Waals surface area contributed by atoms with E-state index in [1.54, 1.807) is 27.5 Å². The van der Waals surface area contributed by atoms with Crippen molar-refractivity contribution in [2.75, 3.05) is 0 Å². The molecule has 3 rings (SSSR count). The van der Waals surface area contributed by atoms with Gasteiger partial charge in [0.25, 0.3) is 0 Å². The number of nitrogens with one attached hydrogen (secondary N) is 1. The smallest absolute Gasteiger partial charge is 0.328 e. The Labute approximate surface area is 138 Å². The van der Waals surface area contributed by atoms with Crippen molar-refractivity contribution < 1.29 is 4.79 Å². The van der Waals surface area contributed by atoms with Gasteiger partial charge in [-0.3, -0.25) is 13.9 Å². The Morgan fingerprint density at radius 2 is 1.96 bits per heavy atom. The van der Waals surface area contributed by atoms with Crippen molar-refractivity contribution in [3.8, 4) is 0 Å². The third kappa shape index (κ3) is 3.07. The van der Waals surface area contributed by atoms with Crippen molar-refractivity contribution >= 4 is 28.3 Å². The zero-order valence-corrected chi connectivity index (χ0v) is 14.0. The number of imidazole rings is 1. The maximum atomic E-state index is 12.3. The van der Waals surface area contributed by atoms with Crippen molar-refractivity contribution in [3.63, 3.8) is 0 Å². The normalized spacial score (nSPS) is 12.4. The highest BCUT2D eigenvalue weighted by atomic mass is 32.1. The van der Waals surface area contributed by atoms with Gasteiger partial charge in [-0.15, -0.1) is 11.3 Å². The van der Waals surface area contributed by atoms with Crippen molar-refractivity contribution in [2.45, 2.75) is 25.9 Å². The Morgan fingerprint density at radius 1 is 1.22 bits per heavy atom. The molecule has 0 aliphatic heterocycles. The molecule has 2 heterocycles. The van der Waals surface area contributed by atoms with Gasteiger partial charge in [-0.2, -0.15) is 0 Å². The summed E-state index contributed by atoms with van der Waals surface area (Å²) in [6.45, 7) is 2.34. The molecule has 0 bridgehead atoms. The molecule has 1 amide bonds. The molecule has 1 N–H and O–H groups in total. The predicted molar refractivity (Wildman–Crippen MR) is 92.7 cm³/mol. The number of nitrogens with zero attached hydrogens (tertiary/aromatic N) is 2. The number of thiophene rings is 1. The fourth-order valence-corrected chi connectivity index (χ4v) is 3.45. The number of hydrogen-bond acceptors (Lipinski definition) is 3. The molecule has 120 valence electrons. The second-order valence-electron chi connectivity index (χ2n) is 5.54. The first-order chi connectivity index (χ1) is 11.1. The lowest BCUT2D eigenvalue weighted by atomic mass is 10.2. The average Bonchev–Trinajstić information content (AvgIpc) is 3.15. The van der Waals surface area contributed by atoms with Crippen LogP contribution in [-0.2, 0) is 18.4 Å². The van der Waals surface area contributed by atoms with Crippen LogP contribution >= 0.6 is 11.3 Å². The molecule has 0 aliphatic carbocycles. The van der Waals surface area contributed by atoms with Crippen LogP contribution in [0.4, 0.5) is 0 Å². The molecule has 0 aliphatic rings. The third-order valence-corrected chi connectivity index (χ3v) is 5.02. The number of hydrogen-bond donors (Lipinski definition) is 1. The molecule has 23 heavy (non-hydrogen) atoms. The second kappa shape index (κ2) is 6.42. The van der Waals surface area contributed by atoms with Crippen molar-refractivity contribution in [3.05, 3.63) is 57.1 Å². The summed E-state index contributed by atoms with van der Waals surface area (Å²) in [7, 11) is 1.75. The summed E-state index contributed by atoms with van der Waals surface area (Å²) in [5.41, 5.74) is 1.65. The third-order valence-electron chi connectivity index (χ3n) is 3.96. The molecule has 2 aromatic heterocycles. The average molecular weight is 329 g/mol. The Balaban J connectivity index is 1.70. The molecule has 0 saturated heterocycles. The zero-order chi connectivity index (χ0) is 16.4. The van der Waals surface area contributed by atoms with Crippen LogP contribution in [0.3, 0.4) is 0 Å². The standard InChI is InChI=1S/C17H19N3O2S/c1-12(15-8-5-11-23-15)18-16(21)9-10-20-14-7-4-3-6-13(14)19(2)17(20)22/h3-8,11-12H,9-10H2,1-2H3,(H,18,21)/t12-/m0/s1. The minimum atomic E-state index is -0.0923. The summed E-state index contributed by atoms with van der Waals surface area (Å²) in [4.78, 5) is 25.6. The van der Waals surface area contributed by atoms with Crippen molar-refractivity contribution in [1.82, 2.24) is 14.5 Å². The maximum absolute atomic E-state index is 12.3. The van der Waals surface area contributed by atoms with Gasteiger partial charge in [0.1, 0.15) is 0 Å². The number of amides is 1. The molecule has 0 unspecified atom stereocenters. The molecule has 0 spiro atoms. The number of carbonyl (C=O) groups excluding carboxylic acids is 1. The van der Waals surface area contributed by atoms with Crippen LogP contribution in [-0.4, -0.2) is 15.0 Å². The highest BCUT2D eigenvalue weighted by Crippen LogP contribution is 2.18. The number of fused-ring (bicyclic) bond motifs is 1. The summed E-state index contributed by atoms with van der Waals surface area (Å²) >= 11 is 1.62. The van der Waals surface area contributed by atoms with E-state index in [-0.39, 0.29) is 24.1 Å². The first-order valence-electron chi connectivity index (χ1n) is 7.55. The number of aryl methyl sites for hydroxylation is 2. The molecule has 5 nitrogen and oxygen atoms in total. The van der Waals surface area contributed by atoms with Crippen LogP contribution in [0.1, 0.15) is 24.3 Å². The molecule has 0 saturated carbocycles. The maximum Gasteiger partial charge on any atom is 0.328 e. The van der Waals surface area contributed by atoms with Crippen molar-refractivity contribution in [2.24, 2.45) is 7.05 Å². The fourth-order valence-electron chi connectivity index (χ4n) is 2.72. The van der Waals surface area contributed by atoms with E-state index >= 15 is 0 Å². The van der Waals surface area contributed by atoms with Gasteiger partial charge in [0, 0.05) is 24.9 Å². The molecular weight excluding hydrogens is 310 g/mol. The Bertz CT molecular complexity index is 877. The molecular formula is C17H19N3O2S. The van der Waals surface area contributed by atoms with Gasteiger partial charge in [-0.25, -0.2) is 4.79 Å². The fraction of sp³-hybridized carbons (Fsp3) is 0.294. The SMILES string of the molecule is C[C@H](NC(=O)CCn1c(=O)n(C)c2ccccc21)c1cccs1. The number of aromatic nitrogens is 2. The molecule has 6 heteroatoms. The first-order valence-corrected chi connectivity index (χ1v) is 8.43. The van der Waals surface area contributed by atoms with Crippen LogP contribution in [0.25, 0.3) is 11.0 Å². The summed E-state index contributed by atoms with van der Waals surface area (Å²) < 4.78 is 3.27. The van der Waals surface area contributed by atoms with Crippen LogP contribution in [0.15, 0.2) is 46.6 Å². The largest absolute Gasteiger partial charge is 0.349 e. The highest BCUT2D eigenvalue weighted by molar-refractivity contribution is 7.10. The quantitative estimate of drug-likeness (QED) is 0.782. The van der Waals surface area contributed by atoms with Gasteiger partial charge in [0.2, 0.25) is 5.91 Å². The Kier molecular flexibility index (Phi) is 4.34. The Hall–Kier alpha value is -2.34. The summed E-state index contributed by atoms with van der Waals surface area (Å²) in [5.74, 6) is -0.0502. The van der Waals surface area contributed by atoms with Crippen LogP contribution < -0.4 is 11.0 Å². The monoisotopic (exact) mass is 329 g/mol. The van der Waals surface area contributed by atoms with Crippen LogP contribution in [0.2, 0.25) is 0 Å². The summed E-state index contributed by atoms with van der Waals surface area (Å²) in [5, 5.41) is 4.97. The Morgan fingerprint density at radius 3 is 2.65 bits per heavy atom. The lowest BCUT2D eigenvalue weighted by molar-refractivity contribution is -0.121. The van der Waals surface area contributed by atoms with Crippen LogP contribution in [0.5, 0.6) is 0 Å². The van der Waals surface area contributed by atoms with E-state index in [0.717, 1.165) is 15.9 Å². The lowest BCUT2D eigenvalue weighted by Crippen LogP contribution is -2.29. The van der Waals surface area contributed by atoms with Gasteiger partial charge in [-0.1, -0.05) is 18.2 Å². The number of rotatable bonds is 5. The minimum Gasteiger partial charge on any atom is -0.349 e. The lowest BCUT2D eigenvalue weighted by Gasteiger charge is -2.12. The van der Waals surface area contributed by atoms with Crippen molar-refractivity contribution in [1.29, 1.82) is 0 Å². The van der Waals surface area contributed by atoms with E-state index in [1.165, 1.54) is 0 Å². The van der Waals surface area contributed by atoms with E-state index in [2.05, 4.69) is 5.32 Å². The molecule has 0 radical (unpaired) electrons. The van der Waals surface area contributed by atoms with E-state index < -0.39 is 0 Å². The van der Waals surface area contributed by atoms with Gasteiger partial charge < -0.3 is 5.32 Å². The number of benzene rings is 1. The van der Waals surface area contributed by atoms with Gasteiger partial charge >= 0.3 is 5.69 Å². The highest BCUT2D eigenvalue weighted by Gasteiger charge is 2.13. The molecule has 1 aromatic carbocycles. The summed E-state index contributed by atoms with van der Waals surface area (Å²) in [6, 6.07) is 11.6. The zero-order valence-electron chi connectivity index (χ0n) is 13.2. The van der Waals surface area contributed by atoms with Gasteiger partial charge in [0.05, 0.1) is 17.1 Å². The number of carbonyl (C=O) groups is 1. The topological polar surface area (TPSA) is 56.0 Å². The van der Waals surface area contributed by atoms with Crippen LogP contribution in [0, 0.1) is 0 Å². The van der Waals surface area contributed by atoms with E-state index in [9.17, 15) is 9.59 Å². The second-order valence-corrected chi connectivity index (χ2v) is 6.52. The van der Waals surface area contributed by atoms with E-state index in [1.807, 2.05) is 48.7 Å². The van der Waals surface area contributed by atoms with Gasteiger partial charge in [-0.05, 0) is 30.5 Å². The van der Waals surface area contributed by atoms with Gasteiger partial charge in [0.15, 0.2) is 0 Å². The van der Waals surface area contributed by atoms with E-state index in [0.29, 0.717) is 6.54 Å². The number of para-hydroxylation sites is 2. The molecule has 0 fully saturated rings. The molecule has 1 atom stereocenters. The molecule has 3 aromatic rings.